The van der Waals surface area contributed by atoms with Crippen LogP contribution >= 0.6 is 0 Å². The van der Waals surface area contributed by atoms with Gasteiger partial charge in [-0.3, -0.25) is 4.99 Å². The molecule has 0 fully saturated rings. The van der Waals surface area contributed by atoms with Gasteiger partial charge in [-0.15, -0.1) is 0 Å². The Morgan fingerprint density at radius 2 is 2.04 bits per heavy atom. The third-order valence-electron chi connectivity index (χ3n) is 3.62. The van der Waals surface area contributed by atoms with Gasteiger partial charge in [0, 0.05) is 31.8 Å². The summed E-state index contributed by atoms with van der Waals surface area (Å²) < 4.78 is 27.4. The van der Waals surface area contributed by atoms with E-state index in [9.17, 15) is 8.42 Å². The molecule has 0 saturated carbocycles. The first kappa shape index (κ1) is 21.4. The molecular weight excluding hydrogens is 338 g/mol. The summed E-state index contributed by atoms with van der Waals surface area (Å²) in [6.45, 7) is 8.97. The highest BCUT2D eigenvalue weighted by Gasteiger charge is 2.06. The van der Waals surface area contributed by atoms with Crippen LogP contribution in [0.2, 0.25) is 0 Å². The van der Waals surface area contributed by atoms with E-state index in [1.165, 1.54) is 17.4 Å². The number of nitrogens with one attached hydrogen (secondary N) is 2. The molecule has 0 saturated heterocycles. The lowest BCUT2D eigenvalue weighted by Gasteiger charge is -2.14. The van der Waals surface area contributed by atoms with Gasteiger partial charge in [-0.05, 0) is 19.4 Å². The zero-order valence-electron chi connectivity index (χ0n) is 15.7. The topological polar surface area (TPSA) is 79.8 Å². The van der Waals surface area contributed by atoms with Crippen LogP contribution < -0.4 is 10.6 Å². The van der Waals surface area contributed by atoms with Gasteiger partial charge in [-0.25, -0.2) is 8.42 Å². The number of aliphatic imine (C=N–C) groups is 1. The lowest BCUT2D eigenvalue weighted by molar-refractivity contribution is 0.154. The SMILES string of the molecule is CCNC(=NCC(C)c1cccc(C)c1)NCCOCCS(C)(=O)=O. The van der Waals surface area contributed by atoms with Crippen molar-refractivity contribution in [2.24, 2.45) is 4.99 Å². The number of hydrogen-bond donors (Lipinski definition) is 2. The second-order valence-corrected chi connectivity index (χ2v) is 8.46. The quantitative estimate of drug-likeness (QED) is 0.373. The van der Waals surface area contributed by atoms with Gasteiger partial charge < -0.3 is 15.4 Å². The van der Waals surface area contributed by atoms with Crippen molar-refractivity contribution in [1.29, 1.82) is 0 Å². The standard InChI is InChI=1S/C18H31N3O3S/c1-5-19-18(20-9-10-24-11-12-25(4,22)23)21-14-16(3)17-8-6-7-15(2)13-17/h6-8,13,16H,5,9-12,14H2,1-4H3,(H2,19,20,21). The second-order valence-electron chi connectivity index (χ2n) is 6.20. The maximum absolute atomic E-state index is 11.0. The summed E-state index contributed by atoms with van der Waals surface area (Å²) in [5, 5.41) is 6.40. The Bertz CT molecular complexity index is 645. The summed E-state index contributed by atoms with van der Waals surface area (Å²) in [6, 6.07) is 8.48. The third kappa shape index (κ3) is 10.1. The molecule has 0 heterocycles. The highest BCUT2D eigenvalue weighted by molar-refractivity contribution is 7.90. The van der Waals surface area contributed by atoms with Crippen molar-refractivity contribution in [3.8, 4) is 0 Å². The molecule has 0 aromatic heterocycles. The van der Waals surface area contributed by atoms with Crippen LogP contribution in [-0.2, 0) is 14.6 Å². The van der Waals surface area contributed by atoms with Gasteiger partial charge >= 0.3 is 0 Å². The highest BCUT2D eigenvalue weighted by Crippen LogP contribution is 2.16. The Labute approximate surface area is 152 Å². The molecule has 0 bridgehead atoms. The molecule has 2 N–H and O–H groups in total. The summed E-state index contributed by atoms with van der Waals surface area (Å²) in [5.41, 5.74) is 2.54. The summed E-state index contributed by atoms with van der Waals surface area (Å²) in [4.78, 5) is 4.62. The Hall–Kier alpha value is -1.60. The average molecular weight is 370 g/mol. The minimum atomic E-state index is -2.97. The molecule has 1 aromatic rings. The second kappa shape index (κ2) is 11.1. The number of benzene rings is 1. The molecule has 1 unspecified atom stereocenters. The van der Waals surface area contributed by atoms with Crippen LogP contribution in [-0.4, -0.2) is 59.2 Å². The van der Waals surface area contributed by atoms with Crippen LogP contribution in [0.4, 0.5) is 0 Å². The van der Waals surface area contributed by atoms with Crippen molar-refractivity contribution < 1.29 is 13.2 Å². The predicted octanol–water partition coefficient (Wildman–Crippen LogP) is 1.71. The van der Waals surface area contributed by atoms with E-state index in [1.807, 2.05) is 6.92 Å². The van der Waals surface area contributed by atoms with Gasteiger partial charge in [0.15, 0.2) is 5.96 Å². The fraction of sp³-hybridized carbons (Fsp3) is 0.611. The van der Waals surface area contributed by atoms with E-state index < -0.39 is 9.84 Å². The molecule has 0 aliphatic carbocycles. The number of nitrogens with zero attached hydrogens (tertiary/aromatic N) is 1. The highest BCUT2D eigenvalue weighted by atomic mass is 32.2. The van der Waals surface area contributed by atoms with E-state index in [0.717, 1.165) is 12.5 Å². The molecule has 0 aliphatic heterocycles. The zero-order chi connectivity index (χ0) is 18.7. The lowest BCUT2D eigenvalue weighted by Crippen LogP contribution is -2.39. The molecule has 1 atom stereocenters. The van der Waals surface area contributed by atoms with Crippen molar-refractivity contribution in [3.05, 3.63) is 35.4 Å². The maximum atomic E-state index is 11.0. The Balaban J connectivity index is 2.40. The minimum absolute atomic E-state index is 0.0508. The Morgan fingerprint density at radius 3 is 2.68 bits per heavy atom. The van der Waals surface area contributed by atoms with Crippen LogP contribution in [0.3, 0.4) is 0 Å². The molecule has 0 amide bonds. The minimum Gasteiger partial charge on any atom is -0.379 e. The van der Waals surface area contributed by atoms with Crippen molar-refractivity contribution >= 4 is 15.8 Å². The zero-order valence-corrected chi connectivity index (χ0v) is 16.5. The number of ether oxygens (including phenoxy) is 1. The Morgan fingerprint density at radius 1 is 1.28 bits per heavy atom. The van der Waals surface area contributed by atoms with Crippen LogP contribution in [0.25, 0.3) is 0 Å². The fourth-order valence-electron chi connectivity index (χ4n) is 2.21. The number of sulfone groups is 1. The number of rotatable bonds is 10. The largest absolute Gasteiger partial charge is 0.379 e. The molecule has 7 heteroatoms. The monoisotopic (exact) mass is 369 g/mol. The van der Waals surface area contributed by atoms with E-state index in [2.05, 4.69) is 53.7 Å². The average Bonchev–Trinajstić information content (AvgIpc) is 2.54. The first-order chi connectivity index (χ1) is 11.8. The molecule has 0 spiro atoms. The molecule has 25 heavy (non-hydrogen) atoms. The Kier molecular flexibility index (Phi) is 9.52. The maximum Gasteiger partial charge on any atom is 0.191 e. The van der Waals surface area contributed by atoms with Gasteiger partial charge in [0.25, 0.3) is 0 Å². The van der Waals surface area contributed by atoms with E-state index in [4.69, 9.17) is 4.74 Å². The third-order valence-corrected chi connectivity index (χ3v) is 4.52. The van der Waals surface area contributed by atoms with Gasteiger partial charge in [0.2, 0.25) is 0 Å². The fourth-order valence-corrected chi connectivity index (χ4v) is 2.63. The van der Waals surface area contributed by atoms with E-state index in [0.29, 0.717) is 25.6 Å². The summed E-state index contributed by atoms with van der Waals surface area (Å²) >= 11 is 0. The van der Waals surface area contributed by atoms with Crippen molar-refractivity contribution in [2.45, 2.75) is 26.7 Å². The number of guanidine groups is 1. The lowest BCUT2D eigenvalue weighted by atomic mass is 10.00. The van der Waals surface area contributed by atoms with Crippen molar-refractivity contribution in [2.75, 3.05) is 44.9 Å². The first-order valence-electron chi connectivity index (χ1n) is 8.66. The van der Waals surface area contributed by atoms with Crippen LogP contribution in [0.15, 0.2) is 29.3 Å². The van der Waals surface area contributed by atoms with Crippen molar-refractivity contribution in [1.82, 2.24) is 10.6 Å². The molecule has 6 nitrogen and oxygen atoms in total. The van der Waals surface area contributed by atoms with Gasteiger partial charge in [0.05, 0.1) is 19.0 Å². The van der Waals surface area contributed by atoms with Crippen LogP contribution in [0.5, 0.6) is 0 Å². The summed E-state index contributed by atoms with van der Waals surface area (Å²) in [6.07, 6.45) is 1.21. The molecule has 0 aliphatic rings. The summed E-state index contributed by atoms with van der Waals surface area (Å²) in [7, 11) is -2.97. The van der Waals surface area contributed by atoms with Crippen LogP contribution in [0, 0.1) is 6.92 Å². The molecule has 1 rings (SSSR count). The molecule has 142 valence electrons. The molecule has 1 aromatic carbocycles. The van der Waals surface area contributed by atoms with Gasteiger partial charge in [-0.1, -0.05) is 36.8 Å². The predicted molar refractivity (Wildman–Crippen MR) is 104 cm³/mol. The summed E-state index contributed by atoms with van der Waals surface area (Å²) in [5.74, 6) is 1.13. The molecular formula is C18H31N3O3S. The van der Waals surface area contributed by atoms with Gasteiger partial charge in [0.1, 0.15) is 9.84 Å². The smallest absolute Gasteiger partial charge is 0.191 e. The van der Waals surface area contributed by atoms with Crippen LogP contribution in [0.1, 0.15) is 30.9 Å². The number of aryl methyl sites for hydroxylation is 1. The van der Waals surface area contributed by atoms with E-state index in [-0.39, 0.29) is 12.4 Å². The normalized spacial score (nSPS) is 13.5. The first-order valence-corrected chi connectivity index (χ1v) is 10.7. The number of hydrogen-bond acceptors (Lipinski definition) is 4. The molecule has 0 radical (unpaired) electrons. The van der Waals surface area contributed by atoms with Crippen molar-refractivity contribution in [3.63, 3.8) is 0 Å². The van der Waals surface area contributed by atoms with E-state index >= 15 is 0 Å². The van der Waals surface area contributed by atoms with E-state index in [1.54, 1.807) is 0 Å². The van der Waals surface area contributed by atoms with Gasteiger partial charge in [-0.2, -0.15) is 0 Å².